The van der Waals surface area contributed by atoms with E-state index in [9.17, 15) is 13.6 Å². The van der Waals surface area contributed by atoms with Gasteiger partial charge in [-0.15, -0.1) is 0 Å². The minimum atomic E-state index is -3.81. The lowest BCUT2D eigenvalue weighted by Crippen LogP contribution is -2.24. The molecule has 15 heavy (non-hydrogen) atoms. The molecule has 0 atom stereocenters. The van der Waals surface area contributed by atoms with Crippen LogP contribution < -0.4 is 14.1 Å². The predicted molar refractivity (Wildman–Crippen MR) is 52.7 cm³/mol. The smallest absolute Gasteiger partial charge is 0.382 e. The second-order valence-corrected chi connectivity index (χ2v) is 3.99. The topological polar surface area (TPSA) is 102 Å². The summed E-state index contributed by atoms with van der Waals surface area (Å²) >= 11 is 0. The molecular formula is C7H9N2O5S-. The molecule has 8 heteroatoms. The fourth-order valence-electron chi connectivity index (χ4n) is 0.798. The quantitative estimate of drug-likeness (QED) is 0.721. The van der Waals surface area contributed by atoms with Crippen LogP contribution in [-0.4, -0.2) is 20.7 Å². The Balaban J connectivity index is 2.82. The molecule has 0 spiro atoms. The fraction of sp³-hybridized carbons (Fsp3) is 0.143. The Hall–Kier alpha value is -1.35. The molecule has 84 valence electrons. The van der Waals surface area contributed by atoms with Crippen LogP contribution >= 0.6 is 0 Å². The summed E-state index contributed by atoms with van der Waals surface area (Å²) in [5.41, 5.74) is -0.0239. The molecule has 0 aliphatic carbocycles. The zero-order valence-electron chi connectivity index (χ0n) is 7.75. The van der Waals surface area contributed by atoms with E-state index in [4.69, 9.17) is 5.21 Å². The molecule has 0 saturated carbocycles. The van der Waals surface area contributed by atoms with Crippen molar-refractivity contribution < 1.29 is 17.8 Å². The molecule has 0 radical (unpaired) electrons. The second-order valence-electron chi connectivity index (χ2n) is 2.51. The van der Waals surface area contributed by atoms with Gasteiger partial charge in [0.05, 0.1) is 5.69 Å². The van der Waals surface area contributed by atoms with Gasteiger partial charge in [-0.25, -0.2) is 0 Å². The van der Waals surface area contributed by atoms with Crippen molar-refractivity contribution >= 4 is 16.0 Å². The third-order valence-electron chi connectivity index (χ3n) is 1.51. The summed E-state index contributed by atoms with van der Waals surface area (Å²) in [4.78, 5) is 0. The van der Waals surface area contributed by atoms with Gasteiger partial charge in [-0.3, -0.25) is 5.21 Å². The number of hydrogen-bond donors (Lipinski definition) is 2. The molecule has 0 saturated heterocycles. The molecule has 1 aromatic carbocycles. The maximum atomic E-state index is 10.9. The summed E-state index contributed by atoms with van der Waals surface area (Å²) in [5.74, 6) is 0.0370. The maximum Gasteiger partial charge on any atom is 0.382 e. The Labute approximate surface area is 86.7 Å². The first-order valence-electron chi connectivity index (χ1n) is 3.84. The lowest BCUT2D eigenvalue weighted by molar-refractivity contribution is 0.296. The maximum absolute atomic E-state index is 10.9. The first-order chi connectivity index (χ1) is 6.94. The largest absolute Gasteiger partial charge is 0.733 e. The molecular weight excluding hydrogens is 224 g/mol. The van der Waals surface area contributed by atoms with Gasteiger partial charge in [0, 0.05) is 7.05 Å². The van der Waals surface area contributed by atoms with E-state index < -0.39 is 10.3 Å². The third kappa shape index (κ3) is 3.36. The van der Waals surface area contributed by atoms with Crippen molar-refractivity contribution in [1.29, 1.82) is 0 Å². The first kappa shape index (κ1) is 11.7. The molecule has 0 unspecified atom stereocenters. The van der Waals surface area contributed by atoms with Crippen molar-refractivity contribution in [3.05, 3.63) is 29.5 Å². The summed E-state index contributed by atoms with van der Waals surface area (Å²) in [5, 5.41) is 18.6. The predicted octanol–water partition coefficient (Wildman–Crippen LogP) is 0.223. The molecule has 2 N–H and O–H groups in total. The van der Waals surface area contributed by atoms with Crippen LogP contribution in [-0.2, 0) is 10.3 Å². The van der Waals surface area contributed by atoms with Gasteiger partial charge < -0.3 is 14.6 Å². The molecule has 0 aromatic heterocycles. The van der Waals surface area contributed by atoms with Gasteiger partial charge in [0.2, 0.25) is 0 Å². The Kier molecular flexibility index (Phi) is 3.48. The summed E-state index contributed by atoms with van der Waals surface area (Å²) in [6.45, 7) is 0. The molecule has 0 fully saturated rings. The molecule has 7 nitrogen and oxygen atoms in total. The van der Waals surface area contributed by atoms with E-state index in [1.54, 1.807) is 0 Å². The van der Waals surface area contributed by atoms with E-state index in [1.807, 2.05) is 4.72 Å². The van der Waals surface area contributed by atoms with Gasteiger partial charge in [0.25, 0.3) is 0 Å². The van der Waals surface area contributed by atoms with E-state index in [0.29, 0.717) is 0 Å². The molecule has 0 bridgehead atoms. The lowest BCUT2D eigenvalue weighted by Gasteiger charge is -2.21. The SMILES string of the molecule is CNS(=O)(=O)Oc1ccc(N([O-])O)cc1. The van der Waals surface area contributed by atoms with Crippen molar-refractivity contribution in [2.24, 2.45) is 0 Å². The molecule has 0 amide bonds. The van der Waals surface area contributed by atoms with Gasteiger partial charge in [-0.2, -0.15) is 13.1 Å². The summed E-state index contributed by atoms with van der Waals surface area (Å²) in [6.07, 6.45) is 0. The Morgan fingerprint density at radius 1 is 1.40 bits per heavy atom. The highest BCUT2D eigenvalue weighted by Crippen LogP contribution is 2.18. The molecule has 0 aliphatic heterocycles. The van der Waals surface area contributed by atoms with Crippen molar-refractivity contribution in [3.8, 4) is 5.75 Å². The number of rotatable bonds is 4. The van der Waals surface area contributed by atoms with Gasteiger partial charge >= 0.3 is 10.3 Å². The minimum Gasteiger partial charge on any atom is -0.733 e. The zero-order chi connectivity index (χ0) is 11.5. The van der Waals surface area contributed by atoms with Crippen molar-refractivity contribution in [1.82, 2.24) is 4.72 Å². The van der Waals surface area contributed by atoms with Gasteiger partial charge in [-0.05, 0) is 24.3 Å². The van der Waals surface area contributed by atoms with Crippen molar-refractivity contribution in [2.45, 2.75) is 0 Å². The van der Waals surface area contributed by atoms with Crippen LogP contribution in [0.3, 0.4) is 0 Å². The molecule has 0 aliphatic rings. The minimum absolute atomic E-state index is 0.0239. The number of hydrogen-bond acceptors (Lipinski definition) is 6. The first-order valence-corrected chi connectivity index (χ1v) is 5.24. The molecule has 1 rings (SSSR count). The Morgan fingerprint density at radius 3 is 2.33 bits per heavy atom. The van der Waals surface area contributed by atoms with E-state index in [0.717, 1.165) is 0 Å². The summed E-state index contributed by atoms with van der Waals surface area (Å²) < 4.78 is 28.4. The number of nitrogens with zero attached hydrogens (tertiary/aromatic N) is 1. The third-order valence-corrected chi connectivity index (χ3v) is 2.43. The normalized spacial score (nSPS) is 11.1. The fourth-order valence-corrected chi connectivity index (χ4v) is 1.25. The second kappa shape index (κ2) is 4.45. The monoisotopic (exact) mass is 233 g/mol. The highest BCUT2D eigenvalue weighted by atomic mass is 32.2. The van der Waals surface area contributed by atoms with Gasteiger partial charge in [0.1, 0.15) is 5.75 Å². The zero-order valence-corrected chi connectivity index (χ0v) is 8.56. The van der Waals surface area contributed by atoms with Crippen LogP contribution in [0.4, 0.5) is 5.69 Å². The highest BCUT2D eigenvalue weighted by molar-refractivity contribution is 7.85. The van der Waals surface area contributed by atoms with E-state index >= 15 is 0 Å². The van der Waals surface area contributed by atoms with Gasteiger partial charge in [0.15, 0.2) is 0 Å². The molecule has 1 aromatic rings. The van der Waals surface area contributed by atoms with E-state index in [-0.39, 0.29) is 16.7 Å². The average Bonchev–Trinajstić information content (AvgIpc) is 2.18. The number of anilines is 1. The van der Waals surface area contributed by atoms with Crippen LogP contribution in [0.5, 0.6) is 5.75 Å². The van der Waals surface area contributed by atoms with Crippen LogP contribution in [0.1, 0.15) is 0 Å². The average molecular weight is 233 g/mol. The van der Waals surface area contributed by atoms with E-state index in [1.165, 1.54) is 31.3 Å². The highest BCUT2D eigenvalue weighted by Gasteiger charge is 2.08. The Bertz CT molecular complexity index is 414. The van der Waals surface area contributed by atoms with Crippen molar-refractivity contribution in [2.75, 3.05) is 12.3 Å². The van der Waals surface area contributed by atoms with E-state index in [2.05, 4.69) is 4.18 Å². The van der Waals surface area contributed by atoms with Crippen LogP contribution in [0.25, 0.3) is 0 Å². The lowest BCUT2D eigenvalue weighted by atomic mass is 10.3. The molecule has 0 heterocycles. The Morgan fingerprint density at radius 2 is 1.93 bits per heavy atom. The summed E-state index contributed by atoms with van der Waals surface area (Å²) in [6, 6.07) is 4.91. The summed E-state index contributed by atoms with van der Waals surface area (Å²) in [7, 11) is -2.60. The van der Waals surface area contributed by atoms with Crippen LogP contribution in [0, 0.1) is 5.21 Å². The number of nitrogens with one attached hydrogen (secondary N) is 1. The van der Waals surface area contributed by atoms with Gasteiger partial charge in [-0.1, -0.05) is 0 Å². The standard InChI is InChI=1S/C7H9N2O5S/c1-8-15(12,13)14-7-4-2-6(3-5-7)9(10)11/h2-5,8,10H,1H3/q-1. The van der Waals surface area contributed by atoms with Crippen molar-refractivity contribution in [3.63, 3.8) is 0 Å². The van der Waals surface area contributed by atoms with Crippen LogP contribution in [0.2, 0.25) is 0 Å². The number of benzene rings is 1. The van der Waals surface area contributed by atoms with Crippen LogP contribution in [0.15, 0.2) is 24.3 Å².